The zero-order valence-electron chi connectivity index (χ0n) is 10.6. The first kappa shape index (κ1) is 17.4. The van der Waals surface area contributed by atoms with Gasteiger partial charge in [0.25, 0.3) is 5.69 Å². The van der Waals surface area contributed by atoms with Crippen molar-refractivity contribution in [2.45, 2.75) is 0 Å². The van der Waals surface area contributed by atoms with E-state index < -0.39 is 18.4 Å². The van der Waals surface area contributed by atoms with Gasteiger partial charge in [-0.3, -0.25) is 10.1 Å². The molecule has 100 valence electrons. The molecule has 0 aliphatic carbocycles. The first-order valence-corrected chi connectivity index (χ1v) is 5.38. The van der Waals surface area contributed by atoms with Crippen LogP contribution in [-0.4, -0.2) is 18.4 Å². The average molecular weight is 309 g/mol. The van der Waals surface area contributed by atoms with Crippen LogP contribution in [0.1, 0.15) is 0 Å². The van der Waals surface area contributed by atoms with Crippen molar-refractivity contribution in [2.24, 2.45) is 0 Å². The standard InChI is InChI=1S/C11H8BF3NO3.K/c13-12(14,15)7-19-11-6-5-10(16(17)18)8-3-1-2-4-9(8)11;/h1-6H,7H2;/q-1;+1. The van der Waals surface area contributed by atoms with Crippen molar-refractivity contribution in [1.29, 1.82) is 0 Å². The smallest absolute Gasteiger partial charge is 0.521 e. The zero-order chi connectivity index (χ0) is 14.0. The summed E-state index contributed by atoms with van der Waals surface area (Å²) in [7, 11) is 0. The Kier molecular flexibility index (Phi) is 6.02. The summed E-state index contributed by atoms with van der Waals surface area (Å²) in [6.07, 6.45) is 0. The minimum absolute atomic E-state index is 0. The van der Waals surface area contributed by atoms with Crippen LogP contribution in [0, 0.1) is 10.1 Å². The molecule has 9 heteroatoms. The summed E-state index contributed by atoms with van der Waals surface area (Å²) in [5.74, 6) is -0.0135. The van der Waals surface area contributed by atoms with Crippen molar-refractivity contribution in [1.82, 2.24) is 0 Å². The summed E-state index contributed by atoms with van der Waals surface area (Å²) in [4.78, 5) is 10.2. The summed E-state index contributed by atoms with van der Waals surface area (Å²) >= 11 is 0. The Bertz CT molecular complexity index is 636. The third kappa shape index (κ3) is 4.19. The van der Waals surface area contributed by atoms with Crippen LogP contribution < -0.4 is 56.1 Å². The number of hydrogen-bond acceptors (Lipinski definition) is 3. The van der Waals surface area contributed by atoms with Crippen LogP contribution in [0.3, 0.4) is 0 Å². The van der Waals surface area contributed by atoms with Crippen LogP contribution in [0.2, 0.25) is 0 Å². The minimum Gasteiger partial charge on any atom is -0.521 e. The molecule has 20 heavy (non-hydrogen) atoms. The van der Waals surface area contributed by atoms with Gasteiger partial charge in [0.2, 0.25) is 0 Å². The van der Waals surface area contributed by atoms with Gasteiger partial charge < -0.3 is 17.7 Å². The Hall–Kier alpha value is -0.609. The molecule has 0 spiro atoms. The number of fused-ring (bicyclic) bond motifs is 1. The molecule has 0 amide bonds. The molecule has 0 atom stereocenters. The van der Waals surface area contributed by atoms with Gasteiger partial charge in [0.15, 0.2) is 0 Å². The number of non-ortho nitro benzene ring substituents is 1. The van der Waals surface area contributed by atoms with Gasteiger partial charge in [-0.25, -0.2) is 0 Å². The van der Waals surface area contributed by atoms with Gasteiger partial charge in [-0.15, -0.1) is 0 Å². The largest absolute Gasteiger partial charge is 1.00 e. The quantitative estimate of drug-likeness (QED) is 0.470. The fourth-order valence-electron chi connectivity index (χ4n) is 1.72. The van der Waals surface area contributed by atoms with Crippen molar-refractivity contribution in [3.63, 3.8) is 0 Å². The maximum atomic E-state index is 12.2. The van der Waals surface area contributed by atoms with Gasteiger partial charge in [0, 0.05) is 11.5 Å². The molecule has 0 aliphatic heterocycles. The first-order valence-electron chi connectivity index (χ1n) is 5.38. The Labute approximate surface area is 154 Å². The predicted molar refractivity (Wildman–Crippen MR) is 65.2 cm³/mol. The SMILES string of the molecule is O=[N+]([O-])c1ccc(OC[B-](F)(F)F)c2ccccc12.[K+]. The van der Waals surface area contributed by atoms with E-state index in [1.807, 2.05) is 0 Å². The molecule has 0 bridgehead atoms. The second-order valence-corrected chi connectivity index (χ2v) is 3.91. The predicted octanol–water partition coefficient (Wildman–Crippen LogP) is 0.517. The third-order valence-electron chi connectivity index (χ3n) is 2.49. The number of hydrogen-bond donors (Lipinski definition) is 0. The van der Waals surface area contributed by atoms with Gasteiger partial charge in [-0.2, -0.15) is 0 Å². The number of benzene rings is 2. The molecule has 0 fully saturated rings. The molecule has 4 nitrogen and oxygen atoms in total. The van der Waals surface area contributed by atoms with Crippen molar-refractivity contribution >= 4 is 23.4 Å². The fraction of sp³-hybridized carbons (Fsp3) is 0.0909. The number of nitrogens with zero attached hydrogens (tertiary/aromatic N) is 1. The third-order valence-corrected chi connectivity index (χ3v) is 2.49. The van der Waals surface area contributed by atoms with Gasteiger partial charge in [-0.05, 0) is 12.1 Å². The molecule has 0 radical (unpaired) electrons. The second kappa shape index (κ2) is 6.90. The van der Waals surface area contributed by atoms with E-state index in [9.17, 15) is 23.1 Å². The van der Waals surface area contributed by atoms with E-state index in [1.54, 1.807) is 12.1 Å². The molecule has 0 heterocycles. The van der Waals surface area contributed by atoms with Crippen molar-refractivity contribution in [3.8, 4) is 5.75 Å². The Morgan fingerprint density at radius 1 is 1.10 bits per heavy atom. The van der Waals surface area contributed by atoms with E-state index in [0.717, 1.165) is 6.07 Å². The van der Waals surface area contributed by atoms with E-state index in [4.69, 9.17) is 4.74 Å². The molecular formula is C11H8BF3KNO3. The molecule has 0 saturated heterocycles. The summed E-state index contributed by atoms with van der Waals surface area (Å²) in [6, 6.07) is 8.44. The molecule has 2 rings (SSSR count). The number of nitro groups is 1. The molecule has 2 aromatic rings. The maximum absolute atomic E-state index is 12.2. The topological polar surface area (TPSA) is 52.4 Å². The monoisotopic (exact) mass is 309 g/mol. The van der Waals surface area contributed by atoms with Gasteiger partial charge in [0.1, 0.15) is 5.75 Å². The van der Waals surface area contributed by atoms with Crippen LogP contribution in [0.25, 0.3) is 10.8 Å². The van der Waals surface area contributed by atoms with E-state index in [2.05, 4.69) is 0 Å². The van der Waals surface area contributed by atoms with E-state index >= 15 is 0 Å². The van der Waals surface area contributed by atoms with E-state index in [1.165, 1.54) is 18.2 Å². The van der Waals surface area contributed by atoms with Crippen molar-refractivity contribution in [2.75, 3.05) is 6.51 Å². The number of ether oxygens (including phenoxy) is 1. The summed E-state index contributed by atoms with van der Waals surface area (Å²) in [5.41, 5.74) is -0.166. The average Bonchev–Trinajstić information content (AvgIpc) is 2.34. The number of rotatable bonds is 4. The van der Waals surface area contributed by atoms with Crippen LogP contribution >= 0.6 is 0 Å². The summed E-state index contributed by atoms with van der Waals surface area (Å²) in [6.45, 7) is -6.44. The molecule has 0 aromatic heterocycles. The Morgan fingerprint density at radius 3 is 2.25 bits per heavy atom. The van der Waals surface area contributed by atoms with Gasteiger partial charge >= 0.3 is 58.4 Å². The van der Waals surface area contributed by atoms with Crippen molar-refractivity contribution < 1.29 is 74.0 Å². The Balaban J connectivity index is 0.00000200. The number of nitro benzene ring substituents is 1. The van der Waals surface area contributed by atoms with Crippen LogP contribution in [0.15, 0.2) is 36.4 Å². The normalized spacial score (nSPS) is 10.9. The van der Waals surface area contributed by atoms with Gasteiger partial charge in [-0.1, -0.05) is 18.2 Å². The second-order valence-electron chi connectivity index (χ2n) is 3.91. The van der Waals surface area contributed by atoms with Crippen LogP contribution in [0.5, 0.6) is 5.75 Å². The molecule has 0 N–H and O–H groups in total. The Morgan fingerprint density at radius 2 is 1.70 bits per heavy atom. The minimum atomic E-state index is -5.07. The molecule has 0 unspecified atom stereocenters. The zero-order valence-corrected chi connectivity index (χ0v) is 13.7. The summed E-state index contributed by atoms with van der Waals surface area (Å²) < 4.78 is 41.2. The van der Waals surface area contributed by atoms with Crippen molar-refractivity contribution in [3.05, 3.63) is 46.5 Å². The van der Waals surface area contributed by atoms with E-state index in [-0.39, 0.29) is 73.6 Å². The molecular weight excluding hydrogens is 301 g/mol. The molecule has 0 saturated carbocycles. The maximum Gasteiger partial charge on any atom is 1.00 e. The van der Waals surface area contributed by atoms with Crippen LogP contribution in [-0.2, 0) is 0 Å². The number of halogens is 3. The molecule has 2 aromatic carbocycles. The summed E-state index contributed by atoms with van der Waals surface area (Å²) in [5, 5.41) is 11.4. The van der Waals surface area contributed by atoms with Gasteiger partial charge in [0.05, 0.1) is 16.8 Å². The fourth-order valence-corrected chi connectivity index (χ4v) is 1.72. The van der Waals surface area contributed by atoms with Crippen LogP contribution in [0.4, 0.5) is 18.6 Å². The first-order chi connectivity index (χ1) is 8.88. The van der Waals surface area contributed by atoms with E-state index in [0.29, 0.717) is 0 Å². The molecule has 0 aliphatic rings.